The fourth-order valence-corrected chi connectivity index (χ4v) is 7.29. The lowest BCUT2D eigenvalue weighted by Crippen LogP contribution is -2.29. The predicted molar refractivity (Wildman–Crippen MR) is 125 cm³/mol. The molecule has 0 aliphatic carbocycles. The van der Waals surface area contributed by atoms with Crippen LogP contribution in [-0.2, 0) is 27.2 Å². The van der Waals surface area contributed by atoms with E-state index in [2.05, 4.69) is 15.6 Å². The van der Waals surface area contributed by atoms with Crippen LogP contribution in [0.2, 0.25) is 0 Å². The number of amides is 1. The van der Waals surface area contributed by atoms with Crippen molar-refractivity contribution in [2.24, 2.45) is 4.99 Å². The van der Waals surface area contributed by atoms with Crippen LogP contribution in [0, 0.1) is 0 Å². The zero-order chi connectivity index (χ0) is 24.3. The molecule has 7 nitrogen and oxygen atoms in total. The van der Waals surface area contributed by atoms with E-state index in [1.165, 1.54) is 23.9 Å². The summed E-state index contributed by atoms with van der Waals surface area (Å²) in [5.41, 5.74) is 0.778. The Morgan fingerprint density at radius 3 is 2.62 bits per heavy atom. The normalized spacial score (nSPS) is 21.0. The molecule has 2 atom stereocenters. The minimum Gasteiger partial charge on any atom is -0.492 e. The Morgan fingerprint density at radius 1 is 1.15 bits per heavy atom. The molecule has 0 spiro atoms. The predicted octanol–water partition coefficient (Wildman–Crippen LogP) is 3.12. The molecule has 1 fully saturated rings. The molecule has 2 aromatic carbocycles. The Kier molecular flexibility index (Phi) is 7.08. The molecule has 12 heteroatoms. The van der Waals surface area contributed by atoms with Crippen molar-refractivity contribution in [1.82, 2.24) is 5.32 Å². The fraction of sp³-hybridized carbons (Fsp3) is 0.364. The molecule has 0 saturated carbocycles. The molecule has 0 bridgehead atoms. The molecule has 1 saturated heterocycles. The number of hydrogen-bond acceptors (Lipinski definition) is 7. The van der Waals surface area contributed by atoms with Crippen LogP contribution in [0.3, 0.4) is 0 Å². The van der Waals surface area contributed by atoms with Gasteiger partial charge in [0.1, 0.15) is 12.4 Å². The first-order valence-electron chi connectivity index (χ1n) is 10.4. The van der Waals surface area contributed by atoms with Gasteiger partial charge in [-0.05, 0) is 35.9 Å². The third-order valence-corrected chi connectivity index (χ3v) is 8.38. The maximum absolute atomic E-state index is 12.7. The van der Waals surface area contributed by atoms with Crippen LogP contribution in [0.1, 0.15) is 11.1 Å². The number of nitrogens with zero attached hydrogens (tertiary/aromatic N) is 1. The number of halogens is 3. The molecule has 182 valence electrons. The summed E-state index contributed by atoms with van der Waals surface area (Å²) in [6.07, 6.45) is -4.30. The molecule has 2 aliphatic rings. The van der Waals surface area contributed by atoms with E-state index in [1.807, 2.05) is 12.1 Å². The van der Waals surface area contributed by atoms with Gasteiger partial charge in [0.2, 0.25) is 5.91 Å². The first-order chi connectivity index (χ1) is 16.1. The number of ether oxygens (including phenoxy) is 1. The Bertz CT molecular complexity index is 1180. The van der Waals surface area contributed by atoms with E-state index in [9.17, 15) is 26.4 Å². The number of thioether (sulfide) groups is 1. The third-order valence-electron chi connectivity index (χ3n) is 5.24. The summed E-state index contributed by atoms with van der Waals surface area (Å²) in [4.78, 5) is 16.6. The summed E-state index contributed by atoms with van der Waals surface area (Å²) >= 11 is 1.43. The monoisotopic (exact) mass is 513 g/mol. The molecule has 2 N–H and O–H groups in total. The second kappa shape index (κ2) is 9.87. The lowest BCUT2D eigenvalue weighted by Gasteiger charge is -2.11. The number of sulfone groups is 1. The lowest BCUT2D eigenvalue weighted by molar-refractivity contribution is -0.137. The van der Waals surface area contributed by atoms with Gasteiger partial charge in [-0.15, -0.1) is 0 Å². The Labute approximate surface area is 199 Å². The van der Waals surface area contributed by atoms with Crippen LogP contribution >= 0.6 is 11.8 Å². The van der Waals surface area contributed by atoms with Crippen molar-refractivity contribution in [2.45, 2.75) is 23.9 Å². The molecule has 4 rings (SSSR count). The SMILES string of the molecule is O=C(Cc1ccc(NC2=N[C@@H]3CS(=O)(=O)C[C@H]3S2)cc1)NCCOc1cccc(C(F)(F)F)c1. The van der Waals surface area contributed by atoms with Crippen LogP contribution in [0.25, 0.3) is 0 Å². The molecular formula is C22H22F3N3O4S2. The van der Waals surface area contributed by atoms with Gasteiger partial charge >= 0.3 is 6.18 Å². The Balaban J connectivity index is 1.19. The topological polar surface area (TPSA) is 96.9 Å². The van der Waals surface area contributed by atoms with Crippen LogP contribution in [-0.4, -0.2) is 55.4 Å². The molecule has 2 heterocycles. The summed E-state index contributed by atoms with van der Waals surface area (Å²) in [5, 5.41) is 6.51. The molecule has 0 unspecified atom stereocenters. The van der Waals surface area contributed by atoms with Gasteiger partial charge in [0, 0.05) is 10.9 Å². The molecule has 2 aromatic rings. The summed E-state index contributed by atoms with van der Waals surface area (Å²) in [5.74, 6) is 0.0887. The highest BCUT2D eigenvalue weighted by Gasteiger charge is 2.42. The van der Waals surface area contributed by atoms with Gasteiger partial charge < -0.3 is 15.4 Å². The van der Waals surface area contributed by atoms with Crippen molar-refractivity contribution in [1.29, 1.82) is 0 Å². The first-order valence-corrected chi connectivity index (χ1v) is 13.2. The van der Waals surface area contributed by atoms with Crippen molar-refractivity contribution >= 4 is 38.4 Å². The number of carbonyl (C=O) groups is 1. The zero-order valence-corrected chi connectivity index (χ0v) is 19.5. The van der Waals surface area contributed by atoms with E-state index in [0.717, 1.165) is 23.4 Å². The van der Waals surface area contributed by atoms with E-state index in [-0.39, 0.29) is 54.0 Å². The number of alkyl halides is 3. The van der Waals surface area contributed by atoms with Gasteiger partial charge in [-0.2, -0.15) is 13.2 Å². The summed E-state index contributed by atoms with van der Waals surface area (Å²) < 4.78 is 66.8. The highest BCUT2D eigenvalue weighted by atomic mass is 32.2. The van der Waals surface area contributed by atoms with Gasteiger partial charge in [-0.25, -0.2) is 8.42 Å². The molecule has 0 aromatic heterocycles. The van der Waals surface area contributed by atoms with Crippen LogP contribution in [0.4, 0.5) is 18.9 Å². The summed E-state index contributed by atoms with van der Waals surface area (Å²) in [6, 6.07) is 11.6. The van der Waals surface area contributed by atoms with Crippen molar-refractivity contribution in [3.05, 3.63) is 59.7 Å². The summed E-state index contributed by atoms with van der Waals surface area (Å²) in [7, 11) is -2.99. The minimum absolute atomic E-state index is 0.0342. The van der Waals surface area contributed by atoms with Gasteiger partial charge in [-0.3, -0.25) is 9.79 Å². The highest BCUT2D eigenvalue weighted by molar-refractivity contribution is 8.15. The Morgan fingerprint density at radius 2 is 1.91 bits per heavy atom. The fourth-order valence-electron chi connectivity index (χ4n) is 3.61. The van der Waals surface area contributed by atoms with E-state index in [1.54, 1.807) is 12.1 Å². The Hall–Kier alpha value is -2.73. The summed E-state index contributed by atoms with van der Waals surface area (Å²) in [6.45, 7) is 0.197. The number of nitrogens with one attached hydrogen (secondary N) is 2. The van der Waals surface area contributed by atoms with Crippen LogP contribution in [0.15, 0.2) is 53.5 Å². The molecule has 1 amide bonds. The third kappa shape index (κ3) is 6.44. The van der Waals surface area contributed by atoms with Gasteiger partial charge in [0.05, 0.1) is 36.1 Å². The molecule has 0 radical (unpaired) electrons. The van der Waals surface area contributed by atoms with Gasteiger partial charge in [0.15, 0.2) is 15.0 Å². The van der Waals surface area contributed by atoms with Crippen molar-refractivity contribution in [3.63, 3.8) is 0 Å². The number of anilines is 1. The standard InChI is InChI=1S/C22H22F3N3O4S2/c23-22(24,25)15-2-1-3-17(11-15)32-9-8-26-20(29)10-14-4-6-16(7-5-14)27-21-28-18-12-34(30,31)13-19(18)33-21/h1-7,11,18-19H,8-10,12-13H2,(H,26,29)(H,27,28)/t18-,19-/m1/s1. The average molecular weight is 514 g/mol. The van der Waals surface area contributed by atoms with E-state index < -0.39 is 21.6 Å². The number of fused-ring (bicyclic) bond motifs is 1. The number of carbonyl (C=O) groups excluding carboxylic acids is 1. The number of benzene rings is 2. The van der Waals surface area contributed by atoms with Crippen LogP contribution < -0.4 is 15.4 Å². The van der Waals surface area contributed by atoms with Crippen molar-refractivity contribution in [2.75, 3.05) is 30.0 Å². The van der Waals surface area contributed by atoms with E-state index in [4.69, 9.17) is 4.74 Å². The van der Waals surface area contributed by atoms with E-state index >= 15 is 0 Å². The van der Waals surface area contributed by atoms with Gasteiger partial charge in [0.25, 0.3) is 0 Å². The number of rotatable bonds is 7. The van der Waals surface area contributed by atoms with E-state index in [0.29, 0.717) is 5.17 Å². The highest BCUT2D eigenvalue weighted by Crippen LogP contribution is 2.34. The molecular weight excluding hydrogens is 491 g/mol. The van der Waals surface area contributed by atoms with Gasteiger partial charge in [-0.1, -0.05) is 30.0 Å². The number of amidine groups is 1. The zero-order valence-electron chi connectivity index (χ0n) is 17.8. The van der Waals surface area contributed by atoms with Crippen LogP contribution in [0.5, 0.6) is 5.75 Å². The molecule has 2 aliphatic heterocycles. The number of hydrogen-bond donors (Lipinski definition) is 2. The minimum atomic E-state index is -4.44. The largest absolute Gasteiger partial charge is 0.492 e. The average Bonchev–Trinajstić information content (AvgIpc) is 3.24. The molecule has 34 heavy (non-hydrogen) atoms. The smallest absolute Gasteiger partial charge is 0.416 e. The second-order valence-electron chi connectivity index (χ2n) is 7.96. The maximum Gasteiger partial charge on any atom is 0.416 e. The first kappa shape index (κ1) is 24.4. The maximum atomic E-state index is 12.7. The van der Waals surface area contributed by atoms with Crippen molar-refractivity contribution < 1.29 is 31.1 Å². The second-order valence-corrected chi connectivity index (χ2v) is 11.3. The lowest BCUT2D eigenvalue weighted by atomic mass is 10.1. The number of aliphatic imine (C=N–C) groups is 1. The van der Waals surface area contributed by atoms with Crippen molar-refractivity contribution in [3.8, 4) is 5.75 Å². The quantitative estimate of drug-likeness (QED) is 0.553.